The highest BCUT2D eigenvalue weighted by Gasteiger charge is 2.34. The topological polar surface area (TPSA) is 41.2 Å². The SMILES string of the molecule is FC(F)(F)c1cnc([C@H]2CCCN(CC3=CCCOC3)C2)[nH]1. The number of alkyl halides is 3. The van der Waals surface area contributed by atoms with Gasteiger partial charge >= 0.3 is 6.18 Å². The van der Waals surface area contributed by atoms with Gasteiger partial charge in [-0.1, -0.05) is 6.08 Å². The molecule has 1 atom stereocenters. The van der Waals surface area contributed by atoms with E-state index in [1.807, 2.05) is 0 Å². The summed E-state index contributed by atoms with van der Waals surface area (Å²) in [5, 5.41) is 0. The molecule has 3 heterocycles. The number of ether oxygens (including phenoxy) is 1. The van der Waals surface area contributed by atoms with Crippen molar-refractivity contribution in [3.63, 3.8) is 0 Å². The predicted octanol–water partition coefficient (Wildman–Crippen LogP) is 2.95. The van der Waals surface area contributed by atoms with Crippen LogP contribution in [0.25, 0.3) is 0 Å². The Labute approximate surface area is 127 Å². The molecular weight excluding hydrogens is 295 g/mol. The first kappa shape index (κ1) is 15.6. The van der Waals surface area contributed by atoms with E-state index < -0.39 is 11.9 Å². The Bertz CT molecular complexity index is 538. The molecule has 1 aromatic rings. The quantitative estimate of drug-likeness (QED) is 0.872. The van der Waals surface area contributed by atoms with E-state index >= 15 is 0 Å². The van der Waals surface area contributed by atoms with Crippen LogP contribution in [0.15, 0.2) is 17.8 Å². The van der Waals surface area contributed by atoms with Gasteiger partial charge < -0.3 is 9.72 Å². The second-order valence-electron chi connectivity index (χ2n) is 5.96. The van der Waals surface area contributed by atoms with Crippen molar-refractivity contribution in [2.75, 3.05) is 32.8 Å². The summed E-state index contributed by atoms with van der Waals surface area (Å²) in [6.07, 6.45) is 1.54. The Balaban J connectivity index is 1.62. The average molecular weight is 315 g/mol. The average Bonchev–Trinajstić information content (AvgIpc) is 2.99. The van der Waals surface area contributed by atoms with Crippen molar-refractivity contribution in [2.45, 2.75) is 31.4 Å². The first-order valence-electron chi connectivity index (χ1n) is 7.62. The normalized spacial score (nSPS) is 24.3. The summed E-state index contributed by atoms with van der Waals surface area (Å²) in [6, 6.07) is 0. The number of imidazole rings is 1. The van der Waals surface area contributed by atoms with Crippen LogP contribution in [0.2, 0.25) is 0 Å². The maximum atomic E-state index is 12.7. The number of piperidine rings is 1. The number of likely N-dealkylation sites (tertiary alicyclic amines) is 1. The highest BCUT2D eigenvalue weighted by atomic mass is 19.4. The number of hydrogen-bond acceptors (Lipinski definition) is 3. The van der Waals surface area contributed by atoms with Crippen molar-refractivity contribution in [3.05, 3.63) is 29.4 Å². The van der Waals surface area contributed by atoms with Gasteiger partial charge in [0.15, 0.2) is 0 Å². The van der Waals surface area contributed by atoms with Crippen molar-refractivity contribution in [1.82, 2.24) is 14.9 Å². The zero-order valence-electron chi connectivity index (χ0n) is 12.3. The van der Waals surface area contributed by atoms with Crippen LogP contribution in [-0.4, -0.2) is 47.7 Å². The lowest BCUT2D eigenvalue weighted by molar-refractivity contribution is -0.141. The van der Waals surface area contributed by atoms with E-state index in [9.17, 15) is 13.2 Å². The minimum Gasteiger partial charge on any atom is -0.377 e. The summed E-state index contributed by atoms with van der Waals surface area (Å²) in [5.41, 5.74) is 0.505. The van der Waals surface area contributed by atoms with Crippen molar-refractivity contribution in [2.24, 2.45) is 0 Å². The van der Waals surface area contributed by atoms with Gasteiger partial charge in [-0.05, 0) is 31.4 Å². The minimum atomic E-state index is -4.36. The van der Waals surface area contributed by atoms with E-state index in [-0.39, 0.29) is 5.92 Å². The first-order valence-corrected chi connectivity index (χ1v) is 7.62. The summed E-state index contributed by atoms with van der Waals surface area (Å²) in [7, 11) is 0. The second kappa shape index (κ2) is 6.42. The van der Waals surface area contributed by atoms with Gasteiger partial charge in [-0.2, -0.15) is 13.2 Å². The number of hydrogen-bond donors (Lipinski definition) is 1. The van der Waals surface area contributed by atoms with E-state index in [1.165, 1.54) is 5.57 Å². The summed E-state index contributed by atoms with van der Waals surface area (Å²) < 4.78 is 43.4. The molecule has 1 saturated heterocycles. The van der Waals surface area contributed by atoms with Crippen LogP contribution in [0.1, 0.15) is 36.7 Å². The Kier molecular flexibility index (Phi) is 4.54. The zero-order valence-corrected chi connectivity index (χ0v) is 12.3. The van der Waals surface area contributed by atoms with Crippen LogP contribution in [0, 0.1) is 0 Å². The van der Waals surface area contributed by atoms with Gasteiger partial charge in [0, 0.05) is 19.0 Å². The standard InChI is InChI=1S/C15H20F3N3O/c16-15(17,18)13-7-19-14(20-13)12-4-1-5-21(9-12)8-11-3-2-6-22-10-11/h3,7,12H,1-2,4-6,8-10H2,(H,19,20)/t12-/m0/s1. The molecule has 1 N–H and O–H groups in total. The van der Waals surface area contributed by atoms with Crippen LogP contribution in [-0.2, 0) is 10.9 Å². The van der Waals surface area contributed by atoms with Gasteiger partial charge in [-0.3, -0.25) is 4.90 Å². The number of nitrogens with zero attached hydrogens (tertiary/aromatic N) is 2. The van der Waals surface area contributed by atoms with Gasteiger partial charge in [-0.15, -0.1) is 0 Å². The van der Waals surface area contributed by atoms with E-state index in [0.717, 1.165) is 51.7 Å². The largest absolute Gasteiger partial charge is 0.432 e. The molecule has 1 aromatic heterocycles. The summed E-state index contributed by atoms with van der Waals surface area (Å²) in [5.74, 6) is 0.487. The number of aromatic nitrogens is 2. The molecule has 0 radical (unpaired) electrons. The van der Waals surface area contributed by atoms with Crippen LogP contribution < -0.4 is 0 Å². The molecule has 1 fully saturated rings. The third kappa shape index (κ3) is 3.70. The minimum absolute atomic E-state index is 0.0370. The lowest BCUT2D eigenvalue weighted by Gasteiger charge is -2.33. The zero-order chi connectivity index (χ0) is 15.6. The molecule has 2 aliphatic heterocycles. The smallest absolute Gasteiger partial charge is 0.377 e. The Hall–Kier alpha value is -1.34. The number of rotatable bonds is 3. The molecule has 0 aromatic carbocycles. The van der Waals surface area contributed by atoms with Crippen molar-refractivity contribution < 1.29 is 17.9 Å². The molecule has 0 aliphatic carbocycles. The fourth-order valence-corrected chi connectivity index (χ4v) is 3.12. The first-order chi connectivity index (χ1) is 10.5. The van der Waals surface area contributed by atoms with Crippen molar-refractivity contribution in [1.29, 1.82) is 0 Å². The molecule has 0 unspecified atom stereocenters. The molecule has 0 saturated carbocycles. The third-order valence-electron chi connectivity index (χ3n) is 4.20. The van der Waals surface area contributed by atoms with Crippen LogP contribution in [0.3, 0.4) is 0 Å². The van der Waals surface area contributed by atoms with E-state index in [1.54, 1.807) is 0 Å². The monoisotopic (exact) mass is 315 g/mol. The third-order valence-corrected chi connectivity index (χ3v) is 4.20. The van der Waals surface area contributed by atoms with Gasteiger partial charge in [0.05, 0.1) is 19.4 Å². The molecular formula is C15H20F3N3O. The lowest BCUT2D eigenvalue weighted by atomic mass is 9.97. The maximum absolute atomic E-state index is 12.7. The summed E-state index contributed by atoms with van der Waals surface area (Å²) in [6.45, 7) is 3.99. The van der Waals surface area contributed by atoms with Crippen molar-refractivity contribution >= 4 is 0 Å². The summed E-state index contributed by atoms with van der Waals surface area (Å²) in [4.78, 5) is 8.67. The molecule has 22 heavy (non-hydrogen) atoms. The molecule has 0 amide bonds. The highest BCUT2D eigenvalue weighted by molar-refractivity contribution is 5.11. The molecule has 7 heteroatoms. The molecule has 2 aliphatic rings. The fraction of sp³-hybridized carbons (Fsp3) is 0.667. The predicted molar refractivity (Wildman–Crippen MR) is 75.5 cm³/mol. The number of H-pyrrole nitrogens is 1. The molecule has 3 rings (SSSR count). The van der Waals surface area contributed by atoms with Gasteiger partial charge in [-0.25, -0.2) is 4.98 Å². The summed E-state index contributed by atoms with van der Waals surface area (Å²) >= 11 is 0. The van der Waals surface area contributed by atoms with Gasteiger partial charge in [0.1, 0.15) is 11.5 Å². The fourth-order valence-electron chi connectivity index (χ4n) is 3.12. The number of nitrogens with one attached hydrogen (secondary N) is 1. The second-order valence-corrected chi connectivity index (χ2v) is 5.96. The van der Waals surface area contributed by atoms with Crippen molar-refractivity contribution in [3.8, 4) is 0 Å². The molecule has 0 bridgehead atoms. The lowest BCUT2D eigenvalue weighted by Crippen LogP contribution is -2.37. The van der Waals surface area contributed by atoms with Crippen LogP contribution >= 0.6 is 0 Å². The maximum Gasteiger partial charge on any atom is 0.432 e. The van der Waals surface area contributed by atoms with Crippen LogP contribution in [0.5, 0.6) is 0 Å². The Morgan fingerprint density at radius 3 is 2.95 bits per heavy atom. The molecule has 4 nitrogen and oxygen atoms in total. The Morgan fingerprint density at radius 2 is 2.27 bits per heavy atom. The highest BCUT2D eigenvalue weighted by Crippen LogP contribution is 2.31. The van der Waals surface area contributed by atoms with Crippen LogP contribution in [0.4, 0.5) is 13.2 Å². The van der Waals surface area contributed by atoms with Gasteiger partial charge in [0.2, 0.25) is 0 Å². The number of halogens is 3. The molecule has 122 valence electrons. The molecule has 0 spiro atoms. The van der Waals surface area contributed by atoms with Gasteiger partial charge in [0.25, 0.3) is 0 Å². The van der Waals surface area contributed by atoms with E-state index in [4.69, 9.17) is 4.74 Å². The number of aromatic amines is 1. The van der Waals surface area contributed by atoms with E-state index in [0.29, 0.717) is 12.4 Å². The van der Waals surface area contributed by atoms with E-state index in [2.05, 4.69) is 20.9 Å². The Morgan fingerprint density at radius 1 is 1.41 bits per heavy atom.